The Bertz CT molecular complexity index is 1270. The molecule has 1 aliphatic rings. The predicted molar refractivity (Wildman–Crippen MR) is 96.2 cm³/mol. The summed E-state index contributed by atoms with van der Waals surface area (Å²) in [4.78, 5) is 32.2. The number of hydrogen-bond acceptors (Lipinski definition) is 4. The molecule has 1 fully saturated rings. The lowest BCUT2D eigenvalue weighted by atomic mass is 10.0. The second-order valence-electron chi connectivity index (χ2n) is 6.65. The number of aromatic nitrogens is 5. The fourth-order valence-electron chi connectivity index (χ4n) is 3.58. The Hall–Kier alpha value is -3.55. The first-order valence-corrected chi connectivity index (χ1v) is 8.53. The highest BCUT2D eigenvalue weighted by atomic mass is 19.1. The van der Waals surface area contributed by atoms with Crippen LogP contribution in [0.1, 0.15) is 29.4 Å². The quantitative estimate of drug-likeness (QED) is 0.583. The van der Waals surface area contributed by atoms with Crippen LogP contribution in [-0.4, -0.2) is 24.6 Å². The monoisotopic (exact) mass is 363 g/mol. The van der Waals surface area contributed by atoms with Crippen molar-refractivity contribution < 1.29 is 4.39 Å². The molecule has 4 aromatic rings. The van der Waals surface area contributed by atoms with Crippen LogP contribution in [0.2, 0.25) is 0 Å². The highest BCUT2D eigenvalue weighted by molar-refractivity contribution is 5.63. The first-order chi connectivity index (χ1) is 13.1. The number of nitrogens with zero attached hydrogens (tertiary/aromatic N) is 3. The maximum absolute atomic E-state index is 14.2. The van der Waals surface area contributed by atoms with E-state index in [-0.39, 0.29) is 17.2 Å². The molecule has 3 aromatic heterocycles. The van der Waals surface area contributed by atoms with Crippen molar-refractivity contribution >= 4 is 5.65 Å². The molecule has 0 spiro atoms. The van der Waals surface area contributed by atoms with Gasteiger partial charge in [-0.1, -0.05) is 30.3 Å². The number of rotatable bonds is 3. The Morgan fingerprint density at radius 3 is 2.74 bits per heavy atom. The van der Waals surface area contributed by atoms with Gasteiger partial charge in [0, 0.05) is 11.8 Å². The summed E-state index contributed by atoms with van der Waals surface area (Å²) in [5.74, 6) is -0.120. The van der Waals surface area contributed by atoms with Gasteiger partial charge in [-0.25, -0.2) is 9.78 Å². The molecule has 8 heteroatoms. The fourth-order valence-corrected chi connectivity index (χ4v) is 3.58. The van der Waals surface area contributed by atoms with Crippen molar-refractivity contribution in [3.8, 4) is 11.3 Å². The second-order valence-corrected chi connectivity index (χ2v) is 6.65. The third-order valence-corrected chi connectivity index (χ3v) is 4.97. The lowest BCUT2D eigenvalue weighted by Gasteiger charge is -2.07. The van der Waals surface area contributed by atoms with Gasteiger partial charge in [-0.3, -0.25) is 9.78 Å². The van der Waals surface area contributed by atoms with Gasteiger partial charge in [0.1, 0.15) is 0 Å². The van der Waals surface area contributed by atoms with Crippen LogP contribution in [0.25, 0.3) is 16.9 Å². The van der Waals surface area contributed by atoms with Gasteiger partial charge in [0.15, 0.2) is 5.65 Å². The SMILES string of the molecule is O=c1[nH]cc(-c2cc(C3CC3c3ccccc3)c3ncc(F)n3n2)c(=O)[nH]1. The van der Waals surface area contributed by atoms with E-state index in [1.165, 1.54) is 11.8 Å². The van der Waals surface area contributed by atoms with Gasteiger partial charge in [-0.15, -0.1) is 0 Å². The average Bonchev–Trinajstić information content (AvgIpc) is 3.39. The Morgan fingerprint density at radius 1 is 1.15 bits per heavy atom. The van der Waals surface area contributed by atoms with Crippen LogP contribution in [0, 0.1) is 5.95 Å². The molecule has 1 saturated carbocycles. The minimum absolute atomic E-state index is 0.167. The zero-order valence-electron chi connectivity index (χ0n) is 14.0. The molecule has 2 atom stereocenters. The topological polar surface area (TPSA) is 95.9 Å². The van der Waals surface area contributed by atoms with Crippen LogP contribution in [0.4, 0.5) is 4.39 Å². The molecular weight excluding hydrogens is 349 g/mol. The number of hydrogen-bond donors (Lipinski definition) is 2. The van der Waals surface area contributed by atoms with Gasteiger partial charge in [0.05, 0.1) is 17.5 Å². The molecule has 0 saturated heterocycles. The molecule has 134 valence electrons. The molecular formula is C19H14FN5O2. The van der Waals surface area contributed by atoms with Crippen molar-refractivity contribution in [2.75, 3.05) is 0 Å². The minimum Gasteiger partial charge on any atom is -0.313 e. The van der Waals surface area contributed by atoms with E-state index in [2.05, 4.69) is 32.2 Å². The predicted octanol–water partition coefficient (Wildman–Crippen LogP) is 2.18. The number of halogens is 1. The summed E-state index contributed by atoms with van der Waals surface area (Å²) in [5.41, 5.74) is 1.77. The van der Waals surface area contributed by atoms with Crippen molar-refractivity contribution in [1.29, 1.82) is 0 Å². The molecule has 0 bridgehead atoms. The van der Waals surface area contributed by atoms with Crippen molar-refractivity contribution in [2.24, 2.45) is 0 Å². The van der Waals surface area contributed by atoms with Gasteiger partial charge in [0.2, 0.25) is 5.95 Å². The maximum Gasteiger partial charge on any atom is 0.325 e. The number of benzene rings is 1. The van der Waals surface area contributed by atoms with Gasteiger partial charge < -0.3 is 4.98 Å². The van der Waals surface area contributed by atoms with Crippen LogP contribution in [0.15, 0.2) is 58.4 Å². The van der Waals surface area contributed by atoms with Crippen molar-refractivity contribution in [1.82, 2.24) is 24.6 Å². The second kappa shape index (κ2) is 5.73. The van der Waals surface area contributed by atoms with Crippen LogP contribution in [-0.2, 0) is 0 Å². The number of H-pyrrole nitrogens is 2. The zero-order chi connectivity index (χ0) is 18.5. The van der Waals surface area contributed by atoms with Gasteiger partial charge >= 0.3 is 5.69 Å². The Labute approximate surface area is 151 Å². The van der Waals surface area contributed by atoms with E-state index >= 15 is 0 Å². The molecule has 1 aliphatic carbocycles. The molecule has 5 rings (SSSR count). The summed E-state index contributed by atoms with van der Waals surface area (Å²) >= 11 is 0. The Kier molecular flexibility index (Phi) is 3.33. The molecule has 3 heterocycles. The summed E-state index contributed by atoms with van der Waals surface area (Å²) < 4.78 is 15.3. The summed E-state index contributed by atoms with van der Waals surface area (Å²) in [6.07, 6.45) is 3.32. The van der Waals surface area contributed by atoms with Gasteiger partial charge in [-0.05, 0) is 29.9 Å². The molecule has 0 amide bonds. The first-order valence-electron chi connectivity index (χ1n) is 8.53. The summed E-state index contributed by atoms with van der Waals surface area (Å²) in [7, 11) is 0. The molecule has 0 radical (unpaired) electrons. The molecule has 2 N–H and O–H groups in total. The van der Waals surface area contributed by atoms with E-state index in [1.54, 1.807) is 6.07 Å². The third kappa shape index (κ3) is 2.57. The fraction of sp³-hybridized carbons (Fsp3) is 0.158. The Morgan fingerprint density at radius 2 is 1.96 bits per heavy atom. The molecule has 2 unspecified atom stereocenters. The highest BCUT2D eigenvalue weighted by Crippen LogP contribution is 2.55. The zero-order valence-corrected chi connectivity index (χ0v) is 14.0. The van der Waals surface area contributed by atoms with Crippen LogP contribution >= 0.6 is 0 Å². The lowest BCUT2D eigenvalue weighted by molar-refractivity contribution is 0.549. The van der Waals surface area contributed by atoms with E-state index in [4.69, 9.17) is 0 Å². The molecule has 0 aliphatic heterocycles. The Balaban J connectivity index is 1.66. The lowest BCUT2D eigenvalue weighted by Crippen LogP contribution is -2.23. The van der Waals surface area contributed by atoms with E-state index in [1.807, 2.05) is 18.2 Å². The summed E-state index contributed by atoms with van der Waals surface area (Å²) in [6.45, 7) is 0. The highest BCUT2D eigenvalue weighted by Gasteiger charge is 2.41. The van der Waals surface area contributed by atoms with Crippen LogP contribution in [0.5, 0.6) is 0 Å². The van der Waals surface area contributed by atoms with E-state index in [0.717, 1.165) is 22.7 Å². The number of aromatic amines is 2. The number of fused-ring (bicyclic) bond motifs is 1. The number of imidazole rings is 1. The third-order valence-electron chi connectivity index (χ3n) is 4.97. The summed E-state index contributed by atoms with van der Waals surface area (Å²) in [5, 5.41) is 4.20. The van der Waals surface area contributed by atoms with E-state index in [9.17, 15) is 14.0 Å². The van der Waals surface area contributed by atoms with Crippen LogP contribution in [0.3, 0.4) is 0 Å². The van der Waals surface area contributed by atoms with Gasteiger partial charge in [-0.2, -0.15) is 14.0 Å². The van der Waals surface area contributed by atoms with E-state index in [0.29, 0.717) is 11.6 Å². The first kappa shape index (κ1) is 15.7. The maximum atomic E-state index is 14.2. The normalized spacial score (nSPS) is 18.7. The standard InChI is InChI=1S/C19H14FN5O2/c20-16-9-21-17-13(12-6-11(12)10-4-2-1-3-5-10)7-15(24-25(16)17)14-8-22-19(27)23-18(14)26/h1-5,7-9,11-12H,6H2,(H2,22,23,26,27). The molecule has 7 nitrogen and oxygen atoms in total. The molecule has 27 heavy (non-hydrogen) atoms. The van der Waals surface area contributed by atoms with E-state index < -0.39 is 17.2 Å². The van der Waals surface area contributed by atoms with Crippen molar-refractivity contribution in [2.45, 2.75) is 18.3 Å². The number of nitrogens with one attached hydrogen (secondary N) is 2. The largest absolute Gasteiger partial charge is 0.325 e. The van der Waals surface area contributed by atoms with Crippen molar-refractivity contribution in [3.05, 3.63) is 86.7 Å². The minimum atomic E-state index is -0.606. The smallest absolute Gasteiger partial charge is 0.313 e. The average molecular weight is 363 g/mol. The van der Waals surface area contributed by atoms with Gasteiger partial charge in [0.25, 0.3) is 5.56 Å². The van der Waals surface area contributed by atoms with Crippen molar-refractivity contribution in [3.63, 3.8) is 0 Å². The summed E-state index contributed by atoms with van der Waals surface area (Å²) in [6, 6.07) is 11.9. The van der Waals surface area contributed by atoms with Crippen LogP contribution < -0.4 is 11.2 Å². The molecule has 1 aromatic carbocycles.